The molecule has 0 aliphatic heterocycles. The van der Waals surface area contributed by atoms with E-state index in [9.17, 15) is 15.3 Å². The number of fused-ring (bicyclic) bond motifs is 1. The SMILES string of the molecule is C[Si](C)(C)C=CC=C[Si](C)(C)C.[O-]c1ccccc1.[O-]c1ccccc1.[O-]c1ccccc1.[Ti+3][CH]1C=Cc2ccccc21. The van der Waals surface area contributed by atoms with Crippen molar-refractivity contribution in [2.75, 3.05) is 0 Å². The fraction of sp³-hybridized carbons (Fsp3) is 0.189. The van der Waals surface area contributed by atoms with E-state index in [0.717, 1.165) is 0 Å². The molecule has 1 unspecified atom stereocenters. The van der Waals surface area contributed by atoms with Gasteiger partial charge in [0.05, 0.1) is 16.1 Å². The minimum atomic E-state index is -0.970. The van der Waals surface area contributed by atoms with E-state index in [1.54, 1.807) is 36.4 Å². The summed E-state index contributed by atoms with van der Waals surface area (Å²) < 4.78 is 0.621. The van der Waals surface area contributed by atoms with Crippen LogP contribution in [0.15, 0.2) is 145 Å². The summed E-state index contributed by atoms with van der Waals surface area (Å²) in [7, 11) is -1.94. The van der Waals surface area contributed by atoms with Crippen LogP contribution in [-0.4, -0.2) is 16.1 Å². The van der Waals surface area contributed by atoms with E-state index in [2.05, 4.69) is 120 Å². The van der Waals surface area contributed by atoms with Crippen molar-refractivity contribution in [3.63, 3.8) is 0 Å². The van der Waals surface area contributed by atoms with Gasteiger partial charge in [-0.05, 0) is 0 Å². The zero-order valence-corrected chi connectivity index (χ0v) is 29.8. The van der Waals surface area contributed by atoms with Gasteiger partial charge in [0, 0.05) is 0 Å². The average Bonchev–Trinajstić information content (AvgIpc) is 3.34. The number of benzene rings is 4. The van der Waals surface area contributed by atoms with Gasteiger partial charge >= 0.3 is 72.2 Å². The Labute approximate surface area is 273 Å². The molecule has 43 heavy (non-hydrogen) atoms. The van der Waals surface area contributed by atoms with E-state index in [0.29, 0.717) is 4.22 Å². The quantitative estimate of drug-likeness (QED) is 0.167. The van der Waals surface area contributed by atoms with E-state index in [1.165, 1.54) is 47.5 Å². The summed E-state index contributed by atoms with van der Waals surface area (Å²) in [6.45, 7) is 14.1. The molecule has 0 N–H and O–H groups in total. The molecule has 0 amide bonds. The fourth-order valence-corrected chi connectivity index (χ4v) is 5.14. The third-order valence-electron chi connectivity index (χ3n) is 5.33. The Morgan fingerprint density at radius 3 is 1.12 bits per heavy atom. The number of rotatable bonds is 3. The Balaban J connectivity index is 0.000000273. The van der Waals surface area contributed by atoms with E-state index < -0.39 is 16.1 Å². The van der Waals surface area contributed by atoms with Crippen LogP contribution >= 0.6 is 0 Å². The first-order valence-electron chi connectivity index (χ1n) is 14.3. The number of para-hydroxylation sites is 3. The molecule has 5 rings (SSSR count). The second-order valence-electron chi connectivity index (χ2n) is 11.9. The first kappa shape index (κ1) is 37.7. The molecular formula is C37H44O3Si2Ti. The molecule has 1 aliphatic rings. The van der Waals surface area contributed by atoms with Crippen molar-refractivity contribution in [2.45, 2.75) is 43.5 Å². The van der Waals surface area contributed by atoms with Crippen molar-refractivity contribution >= 4 is 22.2 Å². The van der Waals surface area contributed by atoms with Crippen LogP contribution in [0.5, 0.6) is 17.2 Å². The third kappa shape index (κ3) is 21.1. The van der Waals surface area contributed by atoms with Crippen LogP contribution < -0.4 is 15.3 Å². The second-order valence-corrected chi connectivity index (χ2v) is 23.0. The molecule has 4 aromatic carbocycles. The van der Waals surface area contributed by atoms with Gasteiger partial charge in [-0.3, -0.25) is 0 Å². The van der Waals surface area contributed by atoms with Gasteiger partial charge in [0.15, 0.2) is 0 Å². The van der Waals surface area contributed by atoms with Crippen molar-refractivity contribution in [3.05, 3.63) is 156 Å². The van der Waals surface area contributed by atoms with Crippen LogP contribution in [0.2, 0.25) is 39.3 Å². The van der Waals surface area contributed by atoms with Crippen LogP contribution in [-0.2, 0) is 20.4 Å². The molecule has 0 heterocycles. The van der Waals surface area contributed by atoms with Crippen molar-refractivity contribution < 1.29 is 35.8 Å². The molecule has 222 valence electrons. The molecule has 0 saturated heterocycles. The van der Waals surface area contributed by atoms with Gasteiger partial charge < -0.3 is 15.3 Å². The Kier molecular flexibility index (Phi) is 18.0. The third-order valence-corrected chi connectivity index (χ3v) is 8.50. The van der Waals surface area contributed by atoms with Crippen LogP contribution in [0.3, 0.4) is 0 Å². The molecule has 1 aliphatic carbocycles. The van der Waals surface area contributed by atoms with Crippen molar-refractivity contribution in [1.82, 2.24) is 0 Å². The van der Waals surface area contributed by atoms with Crippen LogP contribution in [0, 0.1) is 0 Å². The predicted molar refractivity (Wildman–Crippen MR) is 181 cm³/mol. The summed E-state index contributed by atoms with van der Waals surface area (Å²) in [4.78, 5) is 0. The monoisotopic (exact) mass is 640 g/mol. The van der Waals surface area contributed by atoms with Gasteiger partial charge in [-0.1, -0.05) is 154 Å². The van der Waals surface area contributed by atoms with Crippen molar-refractivity contribution in [3.8, 4) is 17.2 Å². The summed E-state index contributed by atoms with van der Waals surface area (Å²) in [5.74, 6) is 0.215. The van der Waals surface area contributed by atoms with Gasteiger partial charge in [-0.2, -0.15) is 0 Å². The Hall–Kier alpha value is -3.35. The van der Waals surface area contributed by atoms with E-state index in [4.69, 9.17) is 0 Å². The molecular weight excluding hydrogens is 596 g/mol. The summed E-state index contributed by atoms with van der Waals surface area (Å²) >= 11 is 2.22. The molecule has 0 saturated carbocycles. The molecule has 0 aromatic heterocycles. The standard InChI is InChI=1S/C10H22Si2.C9H7.3C6H6O.Ti/c1-11(2,3)9-7-8-10-12(4,5)6;1-2-5-9-7-3-6-8(9)4-1;3*7-6-4-2-1-3-5-6;/h7-10H,1-6H3;1-7H;3*1-5,7H;/q;;;;;+3/p-3. The average molecular weight is 641 g/mol. The zero-order chi connectivity index (χ0) is 32.1. The van der Waals surface area contributed by atoms with Gasteiger partial charge in [0.2, 0.25) is 0 Å². The molecule has 6 heteroatoms. The first-order chi connectivity index (χ1) is 20.3. The van der Waals surface area contributed by atoms with Gasteiger partial charge in [-0.25, -0.2) is 0 Å². The van der Waals surface area contributed by atoms with Gasteiger partial charge in [0.25, 0.3) is 0 Å². The number of hydrogen-bond donors (Lipinski definition) is 0. The molecule has 4 aromatic rings. The minimum absolute atomic E-state index is 0.0718. The van der Waals surface area contributed by atoms with Gasteiger partial charge in [0.1, 0.15) is 0 Å². The van der Waals surface area contributed by atoms with Crippen LogP contribution in [0.1, 0.15) is 15.3 Å². The Bertz CT molecular complexity index is 1250. The Morgan fingerprint density at radius 2 is 0.837 bits per heavy atom. The number of allylic oxidation sites excluding steroid dienone is 3. The van der Waals surface area contributed by atoms with E-state index in [-0.39, 0.29) is 17.2 Å². The second kappa shape index (κ2) is 20.5. The first-order valence-corrected chi connectivity index (χ1v) is 22.3. The van der Waals surface area contributed by atoms with E-state index >= 15 is 0 Å². The van der Waals surface area contributed by atoms with Crippen molar-refractivity contribution in [1.29, 1.82) is 0 Å². The molecule has 0 fully saturated rings. The van der Waals surface area contributed by atoms with Crippen LogP contribution in [0.4, 0.5) is 0 Å². The predicted octanol–water partition coefficient (Wildman–Crippen LogP) is 8.44. The summed E-state index contributed by atoms with van der Waals surface area (Å²) in [6.07, 6.45) is 8.89. The fourth-order valence-electron chi connectivity index (χ4n) is 3.20. The maximum absolute atomic E-state index is 10.3. The van der Waals surface area contributed by atoms with E-state index in [1.807, 2.05) is 18.2 Å². The molecule has 0 bridgehead atoms. The summed E-state index contributed by atoms with van der Waals surface area (Å²) in [5.41, 5.74) is 7.60. The molecule has 1 atom stereocenters. The molecule has 0 spiro atoms. The van der Waals surface area contributed by atoms with Crippen molar-refractivity contribution in [2.24, 2.45) is 0 Å². The Morgan fingerprint density at radius 1 is 0.512 bits per heavy atom. The normalized spacial score (nSPS) is 13.3. The summed E-state index contributed by atoms with van der Waals surface area (Å²) in [6, 6.07) is 33.5. The van der Waals surface area contributed by atoms with Crippen LogP contribution in [0.25, 0.3) is 6.08 Å². The number of hydrogen-bond acceptors (Lipinski definition) is 3. The molecule has 3 nitrogen and oxygen atoms in total. The zero-order valence-electron chi connectivity index (χ0n) is 26.2. The maximum atomic E-state index is 10.3. The van der Waals surface area contributed by atoms with Gasteiger partial charge in [-0.15, -0.1) is 17.2 Å². The topological polar surface area (TPSA) is 69.2 Å². The summed E-state index contributed by atoms with van der Waals surface area (Å²) in [5, 5.41) is 30.8. The molecule has 0 radical (unpaired) electrons.